The Balaban J connectivity index is 4.37. The monoisotopic (exact) mass is 244 g/mol. The summed E-state index contributed by atoms with van der Waals surface area (Å²) in [6.07, 6.45) is 1.21. The standard InChI is InChI=1S/C12H24N2O3/c1-6-12(4,5)14-11(17)13-9(10(15)16)7-8(2)3/h8-9H,6-7H2,1-5H3,(H,15,16)(H2,13,14,17)/t9-/m0/s1. The maximum atomic E-state index is 11.6. The molecule has 0 aliphatic rings. The van der Waals surface area contributed by atoms with Crippen LogP contribution < -0.4 is 10.6 Å². The van der Waals surface area contributed by atoms with Crippen LogP contribution in [0, 0.1) is 5.92 Å². The zero-order chi connectivity index (χ0) is 13.6. The van der Waals surface area contributed by atoms with Gasteiger partial charge in [-0.05, 0) is 32.6 Å². The van der Waals surface area contributed by atoms with Crippen LogP contribution in [0.25, 0.3) is 0 Å². The van der Waals surface area contributed by atoms with Crippen LogP contribution in [0.15, 0.2) is 0 Å². The first kappa shape index (κ1) is 15.7. The van der Waals surface area contributed by atoms with Gasteiger partial charge in [-0.3, -0.25) is 0 Å². The number of urea groups is 1. The summed E-state index contributed by atoms with van der Waals surface area (Å²) in [6, 6.07) is -1.26. The van der Waals surface area contributed by atoms with E-state index in [-0.39, 0.29) is 11.5 Å². The largest absolute Gasteiger partial charge is 0.480 e. The highest BCUT2D eigenvalue weighted by atomic mass is 16.4. The minimum absolute atomic E-state index is 0.218. The van der Waals surface area contributed by atoms with Crippen LogP contribution in [0.4, 0.5) is 4.79 Å². The molecule has 0 aromatic rings. The van der Waals surface area contributed by atoms with Gasteiger partial charge < -0.3 is 15.7 Å². The van der Waals surface area contributed by atoms with Crippen molar-refractivity contribution in [3.05, 3.63) is 0 Å². The Morgan fingerprint density at radius 3 is 2.18 bits per heavy atom. The molecule has 2 amide bonds. The number of rotatable bonds is 6. The number of aliphatic carboxylic acids is 1. The van der Waals surface area contributed by atoms with E-state index in [1.54, 1.807) is 0 Å². The minimum atomic E-state index is -0.997. The number of hydrogen-bond acceptors (Lipinski definition) is 2. The molecule has 3 N–H and O–H groups in total. The lowest BCUT2D eigenvalue weighted by molar-refractivity contribution is -0.139. The number of amides is 2. The lowest BCUT2D eigenvalue weighted by atomic mass is 10.0. The van der Waals surface area contributed by atoms with Gasteiger partial charge in [0.15, 0.2) is 0 Å². The normalized spacial score (nSPS) is 13.3. The average molecular weight is 244 g/mol. The molecule has 0 radical (unpaired) electrons. The summed E-state index contributed by atoms with van der Waals surface area (Å²) < 4.78 is 0. The third-order valence-corrected chi connectivity index (χ3v) is 2.65. The summed E-state index contributed by atoms with van der Waals surface area (Å²) in [4.78, 5) is 22.6. The van der Waals surface area contributed by atoms with Gasteiger partial charge in [0.1, 0.15) is 6.04 Å². The van der Waals surface area contributed by atoms with Crippen molar-refractivity contribution in [2.75, 3.05) is 0 Å². The SMILES string of the molecule is CCC(C)(C)NC(=O)N[C@@H](CC(C)C)C(=O)O. The van der Waals surface area contributed by atoms with E-state index in [0.717, 1.165) is 6.42 Å². The highest BCUT2D eigenvalue weighted by molar-refractivity contribution is 5.82. The summed E-state index contributed by atoms with van der Waals surface area (Å²) in [5.41, 5.74) is -0.328. The van der Waals surface area contributed by atoms with E-state index >= 15 is 0 Å². The highest BCUT2D eigenvalue weighted by Gasteiger charge is 2.24. The Morgan fingerprint density at radius 1 is 1.29 bits per heavy atom. The lowest BCUT2D eigenvalue weighted by Crippen LogP contribution is -2.52. The fraction of sp³-hybridized carbons (Fsp3) is 0.833. The van der Waals surface area contributed by atoms with Crippen LogP contribution in [0.1, 0.15) is 47.5 Å². The van der Waals surface area contributed by atoms with Crippen LogP contribution in [0.5, 0.6) is 0 Å². The quantitative estimate of drug-likeness (QED) is 0.668. The second-order valence-corrected chi connectivity index (χ2v) is 5.36. The van der Waals surface area contributed by atoms with Gasteiger partial charge in [-0.1, -0.05) is 20.8 Å². The predicted octanol–water partition coefficient (Wildman–Crippen LogP) is 1.97. The molecule has 0 spiro atoms. The molecule has 0 aliphatic carbocycles. The van der Waals surface area contributed by atoms with Gasteiger partial charge in [-0.15, -0.1) is 0 Å². The summed E-state index contributed by atoms with van der Waals surface area (Å²) in [5.74, 6) is -0.779. The third kappa shape index (κ3) is 6.81. The molecule has 0 heterocycles. The van der Waals surface area contributed by atoms with Gasteiger partial charge in [0.05, 0.1) is 0 Å². The Morgan fingerprint density at radius 2 is 1.82 bits per heavy atom. The fourth-order valence-corrected chi connectivity index (χ4v) is 1.28. The van der Waals surface area contributed by atoms with E-state index in [1.807, 2.05) is 34.6 Å². The van der Waals surface area contributed by atoms with Crippen molar-refractivity contribution in [2.24, 2.45) is 5.92 Å². The molecule has 0 aromatic heterocycles. The first-order chi connectivity index (χ1) is 7.68. The van der Waals surface area contributed by atoms with E-state index < -0.39 is 18.0 Å². The molecule has 0 rings (SSSR count). The van der Waals surface area contributed by atoms with Gasteiger partial charge in [-0.2, -0.15) is 0 Å². The molecule has 0 aliphatic heterocycles. The van der Waals surface area contributed by atoms with Crippen molar-refractivity contribution in [2.45, 2.75) is 59.0 Å². The van der Waals surface area contributed by atoms with Crippen molar-refractivity contribution in [1.82, 2.24) is 10.6 Å². The van der Waals surface area contributed by atoms with E-state index in [1.165, 1.54) is 0 Å². The average Bonchev–Trinajstić information content (AvgIpc) is 2.15. The molecule has 0 aromatic carbocycles. The van der Waals surface area contributed by atoms with Crippen molar-refractivity contribution in [3.8, 4) is 0 Å². The smallest absolute Gasteiger partial charge is 0.326 e. The number of hydrogen-bond donors (Lipinski definition) is 3. The van der Waals surface area contributed by atoms with Gasteiger partial charge in [-0.25, -0.2) is 9.59 Å². The molecule has 5 heteroatoms. The van der Waals surface area contributed by atoms with Gasteiger partial charge in [0, 0.05) is 5.54 Å². The van der Waals surface area contributed by atoms with E-state index in [9.17, 15) is 9.59 Å². The highest BCUT2D eigenvalue weighted by Crippen LogP contribution is 2.08. The topological polar surface area (TPSA) is 78.4 Å². The summed E-state index contributed by atoms with van der Waals surface area (Å²) in [5, 5.41) is 14.2. The molecule has 0 bridgehead atoms. The second-order valence-electron chi connectivity index (χ2n) is 5.36. The first-order valence-corrected chi connectivity index (χ1v) is 5.99. The van der Waals surface area contributed by atoms with Gasteiger partial charge in [0.2, 0.25) is 0 Å². The Hall–Kier alpha value is -1.26. The fourth-order valence-electron chi connectivity index (χ4n) is 1.28. The molecule has 17 heavy (non-hydrogen) atoms. The second kappa shape index (κ2) is 6.47. The molecule has 5 nitrogen and oxygen atoms in total. The summed E-state index contributed by atoms with van der Waals surface area (Å²) in [6.45, 7) is 9.59. The van der Waals surface area contributed by atoms with E-state index in [0.29, 0.717) is 6.42 Å². The van der Waals surface area contributed by atoms with Crippen LogP contribution in [0.3, 0.4) is 0 Å². The number of nitrogens with one attached hydrogen (secondary N) is 2. The minimum Gasteiger partial charge on any atom is -0.480 e. The third-order valence-electron chi connectivity index (χ3n) is 2.65. The van der Waals surface area contributed by atoms with Crippen molar-refractivity contribution >= 4 is 12.0 Å². The molecule has 1 atom stereocenters. The Kier molecular flexibility index (Phi) is 5.99. The number of carbonyl (C=O) groups is 2. The number of carboxylic acids is 1. The van der Waals surface area contributed by atoms with Crippen LogP contribution in [0.2, 0.25) is 0 Å². The molecular formula is C12H24N2O3. The van der Waals surface area contributed by atoms with E-state index in [2.05, 4.69) is 10.6 Å². The van der Waals surface area contributed by atoms with Crippen LogP contribution in [-0.2, 0) is 4.79 Å². The van der Waals surface area contributed by atoms with Gasteiger partial charge >= 0.3 is 12.0 Å². The molecule has 100 valence electrons. The van der Waals surface area contributed by atoms with Crippen molar-refractivity contribution in [1.29, 1.82) is 0 Å². The van der Waals surface area contributed by atoms with E-state index in [4.69, 9.17) is 5.11 Å². The lowest BCUT2D eigenvalue weighted by Gasteiger charge is -2.26. The molecular weight excluding hydrogens is 220 g/mol. The predicted molar refractivity (Wildman–Crippen MR) is 66.9 cm³/mol. The molecule has 0 fully saturated rings. The molecule has 0 unspecified atom stereocenters. The maximum absolute atomic E-state index is 11.6. The zero-order valence-electron chi connectivity index (χ0n) is 11.3. The Labute approximate surface area is 103 Å². The van der Waals surface area contributed by atoms with Crippen molar-refractivity contribution < 1.29 is 14.7 Å². The maximum Gasteiger partial charge on any atom is 0.326 e. The van der Waals surface area contributed by atoms with Crippen LogP contribution in [-0.4, -0.2) is 28.7 Å². The number of carbonyl (C=O) groups excluding carboxylic acids is 1. The molecule has 0 saturated heterocycles. The molecule has 0 saturated carbocycles. The van der Waals surface area contributed by atoms with Crippen LogP contribution >= 0.6 is 0 Å². The first-order valence-electron chi connectivity index (χ1n) is 5.99. The number of carboxylic acid groups (broad SMARTS) is 1. The summed E-state index contributed by atoms with van der Waals surface area (Å²) >= 11 is 0. The van der Waals surface area contributed by atoms with Crippen molar-refractivity contribution in [3.63, 3.8) is 0 Å². The zero-order valence-corrected chi connectivity index (χ0v) is 11.3. The van der Waals surface area contributed by atoms with Gasteiger partial charge in [0.25, 0.3) is 0 Å². The summed E-state index contributed by atoms with van der Waals surface area (Å²) in [7, 11) is 0. The Bertz CT molecular complexity index is 275.